The maximum Gasteiger partial charge on any atom is 0.0645 e. The molecule has 17 heavy (non-hydrogen) atoms. The first-order chi connectivity index (χ1) is 8.35. The maximum atomic E-state index is 5.91. The Morgan fingerprint density at radius 2 is 2.06 bits per heavy atom. The first-order valence-electron chi connectivity index (χ1n) is 6.42. The van der Waals surface area contributed by atoms with Crippen LogP contribution in [0, 0.1) is 0 Å². The van der Waals surface area contributed by atoms with Crippen LogP contribution in [0.15, 0.2) is 24.4 Å². The highest BCUT2D eigenvalue weighted by Crippen LogP contribution is 2.18. The molecule has 0 saturated carbocycles. The van der Waals surface area contributed by atoms with Crippen molar-refractivity contribution in [1.82, 2.24) is 14.8 Å². The predicted molar refractivity (Wildman–Crippen MR) is 69.7 cm³/mol. The number of pyridine rings is 1. The van der Waals surface area contributed by atoms with Crippen molar-refractivity contribution in [3.63, 3.8) is 0 Å². The average Bonchev–Trinajstić information content (AvgIpc) is 2.42. The van der Waals surface area contributed by atoms with Crippen LogP contribution in [0.1, 0.15) is 18.7 Å². The lowest BCUT2D eigenvalue weighted by atomic mass is 10.1. The van der Waals surface area contributed by atoms with Crippen molar-refractivity contribution in [1.29, 1.82) is 0 Å². The summed E-state index contributed by atoms with van der Waals surface area (Å²) in [4.78, 5) is 9.36. The van der Waals surface area contributed by atoms with E-state index in [0.717, 1.165) is 38.4 Å². The van der Waals surface area contributed by atoms with Crippen LogP contribution in [-0.2, 0) is 0 Å². The zero-order valence-electron chi connectivity index (χ0n) is 10.5. The van der Waals surface area contributed by atoms with E-state index in [1.54, 1.807) is 0 Å². The van der Waals surface area contributed by atoms with Crippen LogP contribution in [0.5, 0.6) is 0 Å². The lowest BCUT2D eigenvalue weighted by molar-refractivity contribution is 0.100. The summed E-state index contributed by atoms with van der Waals surface area (Å²) in [5.74, 6) is 0. The standard InChI is InChI=1S/C13H22N4/c1-2-16-7-9-17(10-8-16)13(11-14)12-5-3-4-6-15-12/h3-6,13H,2,7-11,14H2,1H3. The minimum absolute atomic E-state index is 0.273. The highest BCUT2D eigenvalue weighted by Gasteiger charge is 2.23. The number of rotatable bonds is 4. The smallest absolute Gasteiger partial charge is 0.0645 e. The monoisotopic (exact) mass is 234 g/mol. The van der Waals surface area contributed by atoms with Gasteiger partial charge in [0.05, 0.1) is 11.7 Å². The topological polar surface area (TPSA) is 45.4 Å². The number of hydrogen-bond acceptors (Lipinski definition) is 4. The Morgan fingerprint density at radius 1 is 1.29 bits per heavy atom. The molecule has 1 aromatic heterocycles. The van der Waals surface area contributed by atoms with E-state index in [1.807, 2.05) is 18.3 Å². The van der Waals surface area contributed by atoms with Crippen LogP contribution in [-0.4, -0.2) is 54.1 Å². The van der Waals surface area contributed by atoms with Gasteiger partial charge in [-0.25, -0.2) is 0 Å². The van der Waals surface area contributed by atoms with Gasteiger partial charge in [-0.2, -0.15) is 0 Å². The lowest BCUT2D eigenvalue weighted by Gasteiger charge is -2.38. The second kappa shape index (κ2) is 6.10. The van der Waals surface area contributed by atoms with Crippen molar-refractivity contribution < 1.29 is 0 Å². The van der Waals surface area contributed by atoms with Crippen molar-refractivity contribution in [2.24, 2.45) is 5.73 Å². The Kier molecular flexibility index (Phi) is 4.48. The molecule has 2 rings (SSSR count). The molecule has 0 radical (unpaired) electrons. The van der Waals surface area contributed by atoms with Gasteiger partial charge in [0, 0.05) is 38.9 Å². The number of likely N-dealkylation sites (N-methyl/N-ethyl adjacent to an activating group) is 1. The van der Waals surface area contributed by atoms with Crippen LogP contribution < -0.4 is 5.73 Å². The number of nitrogens with two attached hydrogens (primary N) is 1. The molecule has 1 fully saturated rings. The molecular weight excluding hydrogens is 212 g/mol. The van der Waals surface area contributed by atoms with Gasteiger partial charge in [-0.3, -0.25) is 9.88 Å². The molecule has 4 nitrogen and oxygen atoms in total. The van der Waals surface area contributed by atoms with Crippen LogP contribution >= 0.6 is 0 Å². The quantitative estimate of drug-likeness (QED) is 0.834. The molecule has 0 bridgehead atoms. The highest BCUT2D eigenvalue weighted by molar-refractivity contribution is 5.09. The molecule has 0 aliphatic carbocycles. The van der Waals surface area contributed by atoms with Crippen molar-refractivity contribution in [3.05, 3.63) is 30.1 Å². The average molecular weight is 234 g/mol. The second-order valence-electron chi connectivity index (χ2n) is 4.48. The molecule has 1 aromatic rings. The largest absolute Gasteiger partial charge is 0.329 e. The Balaban J connectivity index is 2.00. The van der Waals surface area contributed by atoms with Gasteiger partial charge >= 0.3 is 0 Å². The molecular formula is C13H22N4. The molecule has 2 N–H and O–H groups in total. The molecule has 0 aromatic carbocycles. The Morgan fingerprint density at radius 3 is 2.59 bits per heavy atom. The Bertz CT molecular complexity index is 319. The zero-order valence-corrected chi connectivity index (χ0v) is 10.5. The SMILES string of the molecule is CCN1CCN(C(CN)c2ccccn2)CC1. The first kappa shape index (κ1) is 12.5. The van der Waals surface area contributed by atoms with E-state index in [-0.39, 0.29) is 6.04 Å². The molecule has 1 unspecified atom stereocenters. The maximum absolute atomic E-state index is 5.91. The second-order valence-corrected chi connectivity index (χ2v) is 4.48. The molecule has 4 heteroatoms. The lowest BCUT2D eigenvalue weighted by Crippen LogP contribution is -2.48. The van der Waals surface area contributed by atoms with Gasteiger partial charge in [-0.05, 0) is 18.7 Å². The molecule has 1 aliphatic heterocycles. The summed E-state index contributed by atoms with van der Waals surface area (Å²) in [7, 11) is 0. The minimum Gasteiger partial charge on any atom is -0.329 e. The highest BCUT2D eigenvalue weighted by atomic mass is 15.3. The fourth-order valence-corrected chi connectivity index (χ4v) is 2.42. The summed E-state index contributed by atoms with van der Waals surface area (Å²) < 4.78 is 0. The summed E-state index contributed by atoms with van der Waals surface area (Å²) >= 11 is 0. The molecule has 2 heterocycles. The van der Waals surface area contributed by atoms with Crippen molar-refractivity contribution in [2.45, 2.75) is 13.0 Å². The molecule has 1 atom stereocenters. The van der Waals surface area contributed by atoms with E-state index in [2.05, 4.69) is 27.8 Å². The van der Waals surface area contributed by atoms with Gasteiger partial charge in [0.25, 0.3) is 0 Å². The van der Waals surface area contributed by atoms with Crippen LogP contribution in [0.4, 0.5) is 0 Å². The number of nitrogens with zero attached hydrogens (tertiary/aromatic N) is 3. The summed E-state index contributed by atoms with van der Waals surface area (Å²) in [6, 6.07) is 6.33. The molecule has 1 aliphatic rings. The first-order valence-corrected chi connectivity index (χ1v) is 6.42. The number of aromatic nitrogens is 1. The van der Waals surface area contributed by atoms with Gasteiger partial charge < -0.3 is 10.6 Å². The normalized spacial score (nSPS) is 20.4. The van der Waals surface area contributed by atoms with Crippen molar-refractivity contribution in [3.8, 4) is 0 Å². The fourth-order valence-electron chi connectivity index (χ4n) is 2.42. The van der Waals surface area contributed by atoms with Crippen LogP contribution in [0.3, 0.4) is 0 Å². The summed E-state index contributed by atoms with van der Waals surface area (Å²) in [5, 5.41) is 0. The minimum atomic E-state index is 0.273. The van der Waals surface area contributed by atoms with Gasteiger partial charge in [-0.1, -0.05) is 13.0 Å². The predicted octanol–water partition coefficient (Wildman–Crippen LogP) is 0.719. The molecule has 0 amide bonds. The van der Waals surface area contributed by atoms with E-state index in [4.69, 9.17) is 5.73 Å². The van der Waals surface area contributed by atoms with E-state index < -0.39 is 0 Å². The Hall–Kier alpha value is -0.970. The van der Waals surface area contributed by atoms with E-state index in [0.29, 0.717) is 6.54 Å². The van der Waals surface area contributed by atoms with E-state index in [9.17, 15) is 0 Å². The summed E-state index contributed by atoms with van der Waals surface area (Å²) in [6.45, 7) is 8.46. The zero-order chi connectivity index (χ0) is 12.1. The number of piperazine rings is 1. The Labute approximate surface area is 103 Å². The summed E-state index contributed by atoms with van der Waals surface area (Å²) in [5.41, 5.74) is 7.00. The van der Waals surface area contributed by atoms with E-state index >= 15 is 0 Å². The van der Waals surface area contributed by atoms with Crippen LogP contribution in [0.25, 0.3) is 0 Å². The molecule has 94 valence electrons. The van der Waals surface area contributed by atoms with Crippen molar-refractivity contribution >= 4 is 0 Å². The number of hydrogen-bond donors (Lipinski definition) is 1. The third kappa shape index (κ3) is 3.03. The molecule has 0 spiro atoms. The third-order valence-corrected chi connectivity index (χ3v) is 3.55. The van der Waals surface area contributed by atoms with Gasteiger partial charge in [0.1, 0.15) is 0 Å². The van der Waals surface area contributed by atoms with Crippen LogP contribution in [0.2, 0.25) is 0 Å². The van der Waals surface area contributed by atoms with Gasteiger partial charge in [-0.15, -0.1) is 0 Å². The fraction of sp³-hybridized carbons (Fsp3) is 0.615. The summed E-state index contributed by atoms with van der Waals surface area (Å²) in [6.07, 6.45) is 1.85. The van der Waals surface area contributed by atoms with Crippen molar-refractivity contribution in [2.75, 3.05) is 39.3 Å². The van der Waals surface area contributed by atoms with E-state index in [1.165, 1.54) is 0 Å². The van der Waals surface area contributed by atoms with Gasteiger partial charge in [0.2, 0.25) is 0 Å². The van der Waals surface area contributed by atoms with Gasteiger partial charge in [0.15, 0.2) is 0 Å². The molecule has 1 saturated heterocycles. The third-order valence-electron chi connectivity index (χ3n) is 3.55.